The van der Waals surface area contributed by atoms with Gasteiger partial charge in [0.15, 0.2) is 5.65 Å². The number of hydrogen-bond acceptors (Lipinski definition) is 5. The Hall–Kier alpha value is -2.45. The zero-order valence-electron chi connectivity index (χ0n) is 17.9. The van der Waals surface area contributed by atoms with Crippen LogP contribution in [0.2, 0.25) is 0 Å². The van der Waals surface area contributed by atoms with Crippen molar-refractivity contribution in [3.63, 3.8) is 0 Å². The number of anilines is 1. The van der Waals surface area contributed by atoms with Gasteiger partial charge < -0.3 is 15.4 Å². The van der Waals surface area contributed by atoms with Crippen LogP contribution in [-0.2, 0) is 11.3 Å². The first-order valence-electron chi connectivity index (χ1n) is 10.9. The second kappa shape index (κ2) is 9.78. The predicted molar refractivity (Wildman–Crippen MR) is 125 cm³/mol. The van der Waals surface area contributed by atoms with Crippen molar-refractivity contribution < 1.29 is 9.53 Å². The molecule has 0 saturated carbocycles. The molecule has 1 atom stereocenters. The highest BCUT2D eigenvalue weighted by molar-refractivity contribution is 9.10. The van der Waals surface area contributed by atoms with Crippen LogP contribution in [0, 0.1) is 0 Å². The molecule has 2 N–H and O–H groups in total. The molecular formula is C23H28BrN5O2. The number of aryl methyl sites for hydroxylation is 1. The minimum atomic E-state index is -0.136. The highest BCUT2D eigenvalue weighted by atomic mass is 79.9. The second-order valence-electron chi connectivity index (χ2n) is 7.76. The maximum absolute atomic E-state index is 13.4. The number of nitrogens with zero attached hydrogens (tertiary/aromatic N) is 3. The van der Waals surface area contributed by atoms with E-state index in [-0.39, 0.29) is 18.0 Å². The lowest BCUT2D eigenvalue weighted by Crippen LogP contribution is -2.32. The summed E-state index contributed by atoms with van der Waals surface area (Å²) in [6.45, 7) is 6.28. The lowest BCUT2D eigenvalue weighted by molar-refractivity contribution is 0.0903. The van der Waals surface area contributed by atoms with Crippen molar-refractivity contribution in [3.05, 3.63) is 52.3 Å². The van der Waals surface area contributed by atoms with Crippen LogP contribution in [0.5, 0.6) is 0 Å². The lowest BCUT2D eigenvalue weighted by atomic mass is 10.0. The van der Waals surface area contributed by atoms with Crippen molar-refractivity contribution in [2.24, 2.45) is 0 Å². The van der Waals surface area contributed by atoms with Gasteiger partial charge in [-0.3, -0.25) is 4.79 Å². The monoisotopic (exact) mass is 485 g/mol. The number of nitrogens with one attached hydrogen (secondary N) is 2. The minimum absolute atomic E-state index is 0.0782. The standard InChI is InChI=1S/C23H28BrN5O2/c1-3-20(15-5-7-16(24)8-6-15)28-23(30)19-13-25-22-18(14-26-29(22)4-2)21(19)27-17-9-11-31-12-10-17/h5-8,13-14,17,20H,3-4,9-12H2,1-2H3,(H,25,27)(H,28,30). The number of amides is 1. The van der Waals surface area contributed by atoms with Crippen molar-refractivity contribution in [3.8, 4) is 0 Å². The number of halogens is 1. The van der Waals surface area contributed by atoms with Gasteiger partial charge in [-0.15, -0.1) is 0 Å². The molecule has 0 aliphatic carbocycles. The number of ether oxygens (including phenoxy) is 1. The van der Waals surface area contributed by atoms with Gasteiger partial charge in [0.05, 0.1) is 28.9 Å². The Bertz CT molecular complexity index is 1040. The van der Waals surface area contributed by atoms with Crippen LogP contribution in [0.15, 0.2) is 41.1 Å². The molecule has 1 aliphatic rings. The summed E-state index contributed by atoms with van der Waals surface area (Å²) in [5, 5.41) is 12.1. The van der Waals surface area contributed by atoms with E-state index in [2.05, 4.69) is 43.6 Å². The topological polar surface area (TPSA) is 81.1 Å². The van der Waals surface area contributed by atoms with Crippen LogP contribution < -0.4 is 10.6 Å². The molecule has 1 aliphatic heterocycles. The number of benzene rings is 1. The molecule has 1 unspecified atom stereocenters. The number of carbonyl (C=O) groups is 1. The number of hydrogen-bond donors (Lipinski definition) is 2. The van der Waals surface area contributed by atoms with Gasteiger partial charge in [-0.25, -0.2) is 9.67 Å². The molecule has 4 rings (SSSR count). The first kappa shape index (κ1) is 21.8. The van der Waals surface area contributed by atoms with Gasteiger partial charge >= 0.3 is 0 Å². The maximum atomic E-state index is 13.4. The molecule has 31 heavy (non-hydrogen) atoms. The summed E-state index contributed by atoms with van der Waals surface area (Å²) in [4.78, 5) is 18.0. The zero-order chi connectivity index (χ0) is 21.8. The van der Waals surface area contributed by atoms with E-state index >= 15 is 0 Å². The number of carbonyl (C=O) groups excluding carboxylic acids is 1. The number of pyridine rings is 1. The molecule has 1 amide bonds. The molecule has 0 radical (unpaired) electrons. The summed E-state index contributed by atoms with van der Waals surface area (Å²) >= 11 is 3.47. The van der Waals surface area contributed by atoms with E-state index in [0.29, 0.717) is 5.56 Å². The van der Waals surface area contributed by atoms with Gasteiger partial charge in [-0.2, -0.15) is 5.10 Å². The van der Waals surface area contributed by atoms with Crippen LogP contribution in [0.25, 0.3) is 11.0 Å². The fraction of sp³-hybridized carbons (Fsp3) is 0.435. The average molecular weight is 486 g/mol. The summed E-state index contributed by atoms with van der Waals surface area (Å²) in [5.74, 6) is -0.136. The Morgan fingerprint density at radius 1 is 1.23 bits per heavy atom. The van der Waals surface area contributed by atoms with Crippen LogP contribution in [-0.4, -0.2) is 39.9 Å². The van der Waals surface area contributed by atoms with E-state index in [9.17, 15) is 4.79 Å². The van der Waals surface area contributed by atoms with Crippen molar-refractivity contribution in [1.29, 1.82) is 0 Å². The highest BCUT2D eigenvalue weighted by Gasteiger charge is 2.23. The van der Waals surface area contributed by atoms with Crippen molar-refractivity contribution in [2.75, 3.05) is 18.5 Å². The molecule has 7 nitrogen and oxygen atoms in total. The SMILES string of the molecule is CCC(NC(=O)c1cnc2c(cnn2CC)c1NC1CCOCC1)c1ccc(Br)cc1. The van der Waals surface area contributed by atoms with Gasteiger partial charge in [-0.05, 0) is 43.9 Å². The van der Waals surface area contributed by atoms with Gasteiger partial charge in [-0.1, -0.05) is 35.0 Å². The van der Waals surface area contributed by atoms with Gasteiger partial charge in [0.1, 0.15) is 0 Å². The summed E-state index contributed by atoms with van der Waals surface area (Å²) in [6, 6.07) is 8.23. The number of fused-ring (bicyclic) bond motifs is 1. The van der Waals surface area contributed by atoms with E-state index in [1.54, 1.807) is 12.4 Å². The van der Waals surface area contributed by atoms with Crippen LogP contribution in [0.1, 0.15) is 55.1 Å². The molecule has 1 aromatic carbocycles. The lowest BCUT2D eigenvalue weighted by Gasteiger charge is -2.26. The average Bonchev–Trinajstić information content (AvgIpc) is 3.22. The molecule has 0 bridgehead atoms. The highest BCUT2D eigenvalue weighted by Crippen LogP contribution is 2.29. The van der Waals surface area contributed by atoms with Crippen molar-refractivity contribution >= 4 is 38.6 Å². The molecule has 8 heteroatoms. The Morgan fingerprint density at radius 3 is 2.65 bits per heavy atom. The second-order valence-corrected chi connectivity index (χ2v) is 8.68. The Balaban J connectivity index is 1.66. The van der Waals surface area contributed by atoms with Crippen LogP contribution >= 0.6 is 15.9 Å². The molecule has 164 valence electrons. The molecule has 1 fully saturated rings. The predicted octanol–water partition coefficient (Wildman–Crippen LogP) is 4.69. The summed E-state index contributed by atoms with van der Waals surface area (Å²) < 4.78 is 8.36. The van der Waals surface area contributed by atoms with Gasteiger partial charge in [0.2, 0.25) is 0 Å². The van der Waals surface area contributed by atoms with Crippen LogP contribution in [0.4, 0.5) is 5.69 Å². The molecule has 2 aromatic heterocycles. The zero-order valence-corrected chi connectivity index (χ0v) is 19.5. The number of rotatable bonds is 7. The Kier molecular flexibility index (Phi) is 6.87. The normalized spacial score (nSPS) is 15.7. The quantitative estimate of drug-likeness (QED) is 0.507. The first-order chi connectivity index (χ1) is 15.1. The van der Waals surface area contributed by atoms with Gasteiger partial charge in [0, 0.05) is 36.5 Å². The molecule has 0 spiro atoms. The molecule has 3 heterocycles. The molecule has 3 aromatic rings. The van der Waals surface area contributed by atoms with E-state index < -0.39 is 0 Å². The van der Waals surface area contributed by atoms with Crippen molar-refractivity contribution in [1.82, 2.24) is 20.1 Å². The van der Waals surface area contributed by atoms with E-state index in [0.717, 1.165) is 65.8 Å². The fourth-order valence-corrected chi connectivity index (χ4v) is 4.25. The van der Waals surface area contributed by atoms with Crippen LogP contribution in [0.3, 0.4) is 0 Å². The van der Waals surface area contributed by atoms with Gasteiger partial charge in [0.25, 0.3) is 5.91 Å². The fourth-order valence-electron chi connectivity index (χ4n) is 3.98. The van der Waals surface area contributed by atoms with Crippen molar-refractivity contribution in [2.45, 2.75) is 51.7 Å². The maximum Gasteiger partial charge on any atom is 0.255 e. The molecular weight excluding hydrogens is 458 g/mol. The third kappa shape index (κ3) is 4.75. The van der Waals surface area contributed by atoms with E-state index in [1.165, 1.54) is 0 Å². The summed E-state index contributed by atoms with van der Waals surface area (Å²) in [7, 11) is 0. The summed E-state index contributed by atoms with van der Waals surface area (Å²) in [6.07, 6.45) is 6.07. The third-order valence-corrected chi connectivity index (χ3v) is 6.29. The van der Waals surface area contributed by atoms with E-state index in [1.807, 2.05) is 35.9 Å². The first-order valence-corrected chi connectivity index (χ1v) is 11.6. The minimum Gasteiger partial charge on any atom is -0.381 e. The number of aromatic nitrogens is 3. The Labute approximate surface area is 190 Å². The third-order valence-electron chi connectivity index (χ3n) is 5.77. The Morgan fingerprint density at radius 2 is 1.97 bits per heavy atom. The summed E-state index contributed by atoms with van der Waals surface area (Å²) in [5.41, 5.74) is 3.21. The smallest absolute Gasteiger partial charge is 0.255 e. The largest absolute Gasteiger partial charge is 0.381 e. The molecule has 1 saturated heterocycles. The van der Waals surface area contributed by atoms with E-state index in [4.69, 9.17) is 4.74 Å².